The molecule has 132 valence electrons. The standard InChI is InChI=1S/C18H19Cl2N3O2/c1-25-15-4-2-3-14(12-15)22-7-9-23(10-8-22)18(24)21-17-11-13(19)5-6-16(17)20/h2-6,11-12H,7-10H2,1H3,(H,21,24). The Morgan fingerprint density at radius 3 is 2.56 bits per heavy atom. The molecule has 2 aromatic rings. The molecule has 0 aliphatic carbocycles. The molecule has 1 N–H and O–H groups in total. The SMILES string of the molecule is COc1cccc(N2CCN(C(=O)Nc3cc(Cl)ccc3Cl)CC2)c1. The van der Waals surface area contributed by atoms with E-state index >= 15 is 0 Å². The summed E-state index contributed by atoms with van der Waals surface area (Å²) in [5, 5.41) is 3.82. The number of amides is 2. The van der Waals surface area contributed by atoms with Crippen molar-refractivity contribution in [2.24, 2.45) is 0 Å². The van der Waals surface area contributed by atoms with Gasteiger partial charge in [-0.2, -0.15) is 0 Å². The number of methoxy groups -OCH3 is 1. The van der Waals surface area contributed by atoms with Gasteiger partial charge in [-0.05, 0) is 30.3 Å². The van der Waals surface area contributed by atoms with Crippen LogP contribution in [0.15, 0.2) is 42.5 Å². The number of carbonyl (C=O) groups excluding carboxylic acids is 1. The van der Waals surface area contributed by atoms with E-state index in [1.54, 1.807) is 30.2 Å². The van der Waals surface area contributed by atoms with Crippen molar-refractivity contribution < 1.29 is 9.53 Å². The summed E-state index contributed by atoms with van der Waals surface area (Å²) in [5.41, 5.74) is 1.62. The Kier molecular flexibility index (Phi) is 5.56. The van der Waals surface area contributed by atoms with E-state index in [1.165, 1.54) is 0 Å². The Morgan fingerprint density at radius 1 is 1.08 bits per heavy atom. The summed E-state index contributed by atoms with van der Waals surface area (Å²) in [5.74, 6) is 0.827. The lowest BCUT2D eigenvalue weighted by molar-refractivity contribution is 0.208. The smallest absolute Gasteiger partial charge is 0.322 e. The minimum Gasteiger partial charge on any atom is -0.497 e. The minimum atomic E-state index is -0.172. The second-order valence-corrected chi connectivity index (χ2v) is 6.57. The number of halogens is 2. The van der Waals surface area contributed by atoms with Gasteiger partial charge in [-0.1, -0.05) is 29.3 Å². The van der Waals surface area contributed by atoms with Crippen LogP contribution in [-0.4, -0.2) is 44.2 Å². The zero-order chi connectivity index (χ0) is 17.8. The molecule has 5 nitrogen and oxygen atoms in total. The largest absolute Gasteiger partial charge is 0.497 e. The van der Waals surface area contributed by atoms with E-state index in [-0.39, 0.29) is 6.03 Å². The van der Waals surface area contributed by atoms with Gasteiger partial charge in [0.2, 0.25) is 0 Å². The van der Waals surface area contributed by atoms with Crippen LogP contribution in [0.2, 0.25) is 10.0 Å². The summed E-state index contributed by atoms with van der Waals surface area (Å²) in [7, 11) is 1.66. The number of benzene rings is 2. The van der Waals surface area contributed by atoms with Gasteiger partial charge in [0, 0.05) is 43.0 Å². The van der Waals surface area contributed by atoms with Gasteiger partial charge in [0.25, 0.3) is 0 Å². The van der Waals surface area contributed by atoms with Crippen LogP contribution in [0, 0.1) is 0 Å². The van der Waals surface area contributed by atoms with Crippen LogP contribution in [0.4, 0.5) is 16.2 Å². The summed E-state index contributed by atoms with van der Waals surface area (Å²) >= 11 is 12.1. The second kappa shape index (κ2) is 7.85. The maximum Gasteiger partial charge on any atom is 0.322 e. The first-order valence-corrected chi connectivity index (χ1v) is 8.72. The summed E-state index contributed by atoms with van der Waals surface area (Å²) in [4.78, 5) is 16.5. The zero-order valence-corrected chi connectivity index (χ0v) is 15.3. The average molecular weight is 380 g/mol. The van der Waals surface area contributed by atoms with Gasteiger partial charge in [-0.3, -0.25) is 0 Å². The third kappa shape index (κ3) is 4.30. The lowest BCUT2D eigenvalue weighted by Gasteiger charge is -2.36. The molecule has 2 aromatic carbocycles. The lowest BCUT2D eigenvalue weighted by atomic mass is 10.2. The molecule has 0 radical (unpaired) electrons. The fourth-order valence-corrected chi connectivity index (χ4v) is 3.10. The number of rotatable bonds is 3. The molecule has 1 aliphatic rings. The van der Waals surface area contributed by atoms with Crippen molar-refractivity contribution in [2.45, 2.75) is 0 Å². The topological polar surface area (TPSA) is 44.8 Å². The normalized spacial score (nSPS) is 14.4. The van der Waals surface area contributed by atoms with E-state index in [2.05, 4.69) is 10.2 Å². The number of hydrogen-bond donors (Lipinski definition) is 1. The van der Waals surface area contributed by atoms with Gasteiger partial charge in [0.1, 0.15) is 5.75 Å². The van der Waals surface area contributed by atoms with E-state index in [4.69, 9.17) is 27.9 Å². The molecule has 7 heteroatoms. The zero-order valence-electron chi connectivity index (χ0n) is 13.8. The van der Waals surface area contributed by atoms with Gasteiger partial charge < -0.3 is 19.9 Å². The minimum absolute atomic E-state index is 0.172. The highest BCUT2D eigenvalue weighted by Gasteiger charge is 2.22. The van der Waals surface area contributed by atoms with Crippen LogP contribution >= 0.6 is 23.2 Å². The molecule has 1 aliphatic heterocycles. The molecule has 3 rings (SSSR count). The summed E-state index contributed by atoms with van der Waals surface area (Å²) < 4.78 is 5.27. The van der Waals surface area contributed by atoms with Crippen LogP contribution in [0.25, 0.3) is 0 Å². The fourth-order valence-electron chi connectivity index (χ4n) is 2.76. The van der Waals surface area contributed by atoms with Crippen molar-refractivity contribution in [1.29, 1.82) is 0 Å². The summed E-state index contributed by atoms with van der Waals surface area (Å²) in [6.07, 6.45) is 0. The number of nitrogens with zero attached hydrogens (tertiary/aromatic N) is 2. The molecule has 2 amide bonds. The van der Waals surface area contributed by atoms with Gasteiger partial charge in [0.15, 0.2) is 0 Å². The third-order valence-corrected chi connectivity index (χ3v) is 4.72. The predicted molar refractivity (Wildman–Crippen MR) is 102 cm³/mol. The summed E-state index contributed by atoms with van der Waals surface area (Å²) in [6, 6.07) is 12.8. The van der Waals surface area contributed by atoms with Crippen LogP contribution in [-0.2, 0) is 0 Å². The Hall–Kier alpha value is -2.11. The molecule has 0 spiro atoms. The van der Waals surface area contributed by atoms with Crippen molar-refractivity contribution in [1.82, 2.24) is 4.90 Å². The average Bonchev–Trinajstić information content (AvgIpc) is 2.65. The lowest BCUT2D eigenvalue weighted by Crippen LogP contribution is -2.50. The van der Waals surface area contributed by atoms with E-state index < -0.39 is 0 Å². The number of nitrogens with one attached hydrogen (secondary N) is 1. The van der Waals surface area contributed by atoms with Crippen molar-refractivity contribution in [3.8, 4) is 5.75 Å². The quantitative estimate of drug-likeness (QED) is 0.861. The monoisotopic (exact) mass is 379 g/mol. The fraction of sp³-hybridized carbons (Fsp3) is 0.278. The Balaban J connectivity index is 1.60. The number of carbonyl (C=O) groups is 1. The van der Waals surface area contributed by atoms with Gasteiger partial charge in [-0.25, -0.2) is 4.79 Å². The predicted octanol–water partition coefficient (Wildman–Crippen LogP) is 4.36. The number of urea groups is 1. The molecular formula is C18H19Cl2N3O2. The summed E-state index contributed by atoms with van der Waals surface area (Å²) in [6.45, 7) is 2.76. The van der Waals surface area contributed by atoms with Crippen LogP contribution in [0.5, 0.6) is 5.75 Å². The maximum atomic E-state index is 12.4. The van der Waals surface area contributed by atoms with Gasteiger partial charge >= 0.3 is 6.03 Å². The van der Waals surface area contributed by atoms with Crippen molar-refractivity contribution >= 4 is 40.6 Å². The Morgan fingerprint density at radius 2 is 1.84 bits per heavy atom. The van der Waals surface area contributed by atoms with Crippen LogP contribution in [0.3, 0.4) is 0 Å². The molecule has 0 unspecified atom stereocenters. The van der Waals surface area contributed by atoms with Gasteiger partial charge in [-0.15, -0.1) is 0 Å². The van der Waals surface area contributed by atoms with E-state index in [9.17, 15) is 4.79 Å². The van der Waals surface area contributed by atoms with E-state index in [0.29, 0.717) is 28.8 Å². The van der Waals surface area contributed by atoms with E-state index in [1.807, 2.05) is 24.3 Å². The van der Waals surface area contributed by atoms with Crippen molar-refractivity contribution in [2.75, 3.05) is 43.5 Å². The van der Waals surface area contributed by atoms with Crippen molar-refractivity contribution in [3.05, 3.63) is 52.5 Å². The molecule has 0 aromatic heterocycles. The highest BCUT2D eigenvalue weighted by molar-refractivity contribution is 6.35. The highest BCUT2D eigenvalue weighted by atomic mass is 35.5. The molecular weight excluding hydrogens is 361 g/mol. The first kappa shape index (κ1) is 17.7. The second-order valence-electron chi connectivity index (χ2n) is 5.73. The Labute approximate surface area is 157 Å². The Bertz CT molecular complexity index is 762. The highest BCUT2D eigenvalue weighted by Crippen LogP contribution is 2.26. The van der Waals surface area contributed by atoms with E-state index in [0.717, 1.165) is 24.5 Å². The number of hydrogen-bond acceptors (Lipinski definition) is 3. The number of piperazine rings is 1. The molecule has 1 fully saturated rings. The molecule has 0 saturated carbocycles. The van der Waals surface area contributed by atoms with Crippen molar-refractivity contribution in [3.63, 3.8) is 0 Å². The van der Waals surface area contributed by atoms with Crippen LogP contribution in [0.1, 0.15) is 0 Å². The first-order valence-electron chi connectivity index (χ1n) is 7.97. The molecule has 0 atom stereocenters. The molecule has 1 saturated heterocycles. The maximum absolute atomic E-state index is 12.4. The number of ether oxygens (including phenoxy) is 1. The number of anilines is 2. The van der Waals surface area contributed by atoms with Crippen LogP contribution < -0.4 is 15.0 Å². The molecule has 25 heavy (non-hydrogen) atoms. The molecule has 0 bridgehead atoms. The van der Waals surface area contributed by atoms with Gasteiger partial charge in [0.05, 0.1) is 17.8 Å². The third-order valence-electron chi connectivity index (χ3n) is 4.16. The molecule has 1 heterocycles. The first-order chi connectivity index (χ1) is 12.1.